The Hall–Kier alpha value is -1.29. The van der Waals surface area contributed by atoms with Gasteiger partial charge in [-0.05, 0) is 12.1 Å². The summed E-state index contributed by atoms with van der Waals surface area (Å²) in [5.41, 5.74) is 5.34. The second-order valence-corrected chi connectivity index (χ2v) is 3.27. The van der Waals surface area contributed by atoms with Crippen LogP contribution in [0.25, 0.3) is 0 Å². The Bertz CT molecular complexity index is 315. The number of hydrogen-bond acceptors (Lipinski definition) is 3. The van der Waals surface area contributed by atoms with Crippen LogP contribution in [-0.2, 0) is 0 Å². The largest absolute Gasteiger partial charge is 0.497 e. The maximum Gasteiger partial charge on any atom is 0.123 e. The van der Waals surface area contributed by atoms with Gasteiger partial charge in [0.15, 0.2) is 0 Å². The molecule has 0 atom stereocenters. The molecule has 0 unspecified atom stereocenters. The summed E-state index contributed by atoms with van der Waals surface area (Å²) in [4.78, 5) is 0.466. The van der Waals surface area contributed by atoms with E-state index in [0.29, 0.717) is 18.0 Å². The molecule has 0 saturated heterocycles. The minimum Gasteiger partial charge on any atom is -0.497 e. The van der Waals surface area contributed by atoms with Gasteiger partial charge >= 0.3 is 0 Å². The minimum atomic E-state index is 0.466. The van der Waals surface area contributed by atoms with E-state index in [4.69, 9.17) is 27.4 Å². The summed E-state index contributed by atoms with van der Waals surface area (Å²) in [7, 11) is 1.62. The van der Waals surface area contributed by atoms with Crippen molar-refractivity contribution in [3.05, 3.63) is 24.3 Å². The molecule has 0 aromatic heterocycles. The molecule has 1 rings (SSSR count). The van der Waals surface area contributed by atoms with E-state index >= 15 is 0 Å². The standard InChI is InChI=1S/C10H13NO2S/c1-12-8-3-2-4-9(7-8)13-6-5-10(11)14/h2-4,7H,5-6H2,1H3,(H2,11,14). The maximum absolute atomic E-state index is 5.41. The summed E-state index contributed by atoms with van der Waals surface area (Å²) in [6.45, 7) is 0.502. The van der Waals surface area contributed by atoms with Crippen LogP contribution in [-0.4, -0.2) is 18.7 Å². The second kappa shape index (κ2) is 5.44. The molecule has 0 saturated carbocycles. The summed E-state index contributed by atoms with van der Waals surface area (Å²) in [5.74, 6) is 1.54. The molecule has 2 N–H and O–H groups in total. The van der Waals surface area contributed by atoms with Gasteiger partial charge in [0.05, 0.1) is 18.7 Å². The van der Waals surface area contributed by atoms with E-state index in [9.17, 15) is 0 Å². The highest BCUT2D eigenvalue weighted by Gasteiger charge is 1.96. The van der Waals surface area contributed by atoms with E-state index in [1.165, 1.54) is 0 Å². The molecule has 4 heteroatoms. The lowest BCUT2D eigenvalue weighted by Crippen LogP contribution is -2.12. The summed E-state index contributed by atoms with van der Waals surface area (Å²) in [6.07, 6.45) is 0.590. The average Bonchev–Trinajstić information content (AvgIpc) is 2.18. The number of nitrogens with two attached hydrogens (primary N) is 1. The number of benzene rings is 1. The molecule has 0 amide bonds. The normalized spacial score (nSPS) is 9.50. The first kappa shape index (κ1) is 10.8. The fourth-order valence-corrected chi connectivity index (χ4v) is 1.04. The van der Waals surface area contributed by atoms with Gasteiger partial charge in [-0.1, -0.05) is 18.3 Å². The van der Waals surface area contributed by atoms with Gasteiger partial charge < -0.3 is 15.2 Å². The van der Waals surface area contributed by atoms with E-state index in [1.807, 2.05) is 24.3 Å². The van der Waals surface area contributed by atoms with Crippen molar-refractivity contribution in [1.29, 1.82) is 0 Å². The molecule has 76 valence electrons. The molecule has 0 heterocycles. The van der Waals surface area contributed by atoms with Gasteiger partial charge in [-0.3, -0.25) is 0 Å². The van der Waals surface area contributed by atoms with Gasteiger partial charge in [-0.15, -0.1) is 0 Å². The van der Waals surface area contributed by atoms with Gasteiger partial charge in [0.25, 0.3) is 0 Å². The van der Waals surface area contributed by atoms with Crippen LogP contribution in [0.4, 0.5) is 0 Å². The van der Waals surface area contributed by atoms with Crippen LogP contribution in [0.3, 0.4) is 0 Å². The molecule has 0 aliphatic heterocycles. The molecule has 1 aromatic carbocycles. The van der Waals surface area contributed by atoms with Crippen LogP contribution in [0.1, 0.15) is 6.42 Å². The van der Waals surface area contributed by atoms with E-state index in [0.717, 1.165) is 11.5 Å². The van der Waals surface area contributed by atoms with Gasteiger partial charge in [0.2, 0.25) is 0 Å². The molecule has 0 aliphatic rings. The highest BCUT2D eigenvalue weighted by Crippen LogP contribution is 2.18. The molecule has 1 aromatic rings. The molecule has 3 nitrogen and oxygen atoms in total. The van der Waals surface area contributed by atoms with Crippen molar-refractivity contribution in [3.63, 3.8) is 0 Å². The third-order valence-corrected chi connectivity index (χ3v) is 1.86. The number of rotatable bonds is 5. The number of thiocarbonyl (C=S) groups is 1. The van der Waals surface area contributed by atoms with Crippen molar-refractivity contribution in [1.82, 2.24) is 0 Å². The second-order valence-electron chi connectivity index (χ2n) is 2.74. The molecular formula is C10H13NO2S. The summed E-state index contributed by atoms with van der Waals surface area (Å²) >= 11 is 4.73. The first-order valence-corrected chi connectivity index (χ1v) is 4.68. The average molecular weight is 211 g/mol. The van der Waals surface area contributed by atoms with E-state index in [1.54, 1.807) is 7.11 Å². The third-order valence-electron chi connectivity index (χ3n) is 1.66. The van der Waals surface area contributed by atoms with Crippen molar-refractivity contribution in [3.8, 4) is 11.5 Å². The van der Waals surface area contributed by atoms with Crippen LogP contribution in [0.15, 0.2) is 24.3 Å². The van der Waals surface area contributed by atoms with Crippen LogP contribution in [0, 0.1) is 0 Å². The van der Waals surface area contributed by atoms with E-state index in [-0.39, 0.29) is 0 Å². The van der Waals surface area contributed by atoms with Crippen molar-refractivity contribution in [2.75, 3.05) is 13.7 Å². The Kier molecular flexibility index (Phi) is 4.19. The van der Waals surface area contributed by atoms with Crippen LogP contribution >= 0.6 is 12.2 Å². The Morgan fingerprint density at radius 3 is 2.79 bits per heavy atom. The molecule has 0 spiro atoms. The zero-order chi connectivity index (χ0) is 10.4. The third kappa shape index (κ3) is 3.62. The Labute approximate surface area is 88.8 Å². The summed E-state index contributed by atoms with van der Waals surface area (Å²) < 4.78 is 10.5. The van der Waals surface area contributed by atoms with Crippen molar-refractivity contribution in [2.45, 2.75) is 6.42 Å². The predicted molar refractivity (Wildman–Crippen MR) is 59.9 cm³/mol. The van der Waals surface area contributed by atoms with Crippen LogP contribution in [0.5, 0.6) is 11.5 Å². The highest BCUT2D eigenvalue weighted by atomic mass is 32.1. The fraction of sp³-hybridized carbons (Fsp3) is 0.300. The monoisotopic (exact) mass is 211 g/mol. The molecule has 0 bridgehead atoms. The minimum absolute atomic E-state index is 0.466. The number of hydrogen-bond donors (Lipinski definition) is 1. The molecule has 0 fully saturated rings. The van der Waals surface area contributed by atoms with E-state index < -0.39 is 0 Å². The smallest absolute Gasteiger partial charge is 0.123 e. The maximum atomic E-state index is 5.41. The zero-order valence-electron chi connectivity index (χ0n) is 8.03. The first-order valence-electron chi connectivity index (χ1n) is 4.27. The number of methoxy groups -OCH3 is 1. The quantitative estimate of drug-likeness (QED) is 0.754. The number of ether oxygens (including phenoxy) is 2. The molecule has 0 radical (unpaired) electrons. The molecule has 0 aliphatic carbocycles. The van der Waals surface area contributed by atoms with Gasteiger partial charge in [-0.2, -0.15) is 0 Å². The highest BCUT2D eigenvalue weighted by molar-refractivity contribution is 7.80. The predicted octanol–water partition coefficient (Wildman–Crippen LogP) is 1.75. The lowest BCUT2D eigenvalue weighted by atomic mass is 10.3. The van der Waals surface area contributed by atoms with Gasteiger partial charge in [0, 0.05) is 12.5 Å². The first-order chi connectivity index (χ1) is 6.72. The summed E-state index contributed by atoms with van der Waals surface area (Å²) in [5, 5.41) is 0. The zero-order valence-corrected chi connectivity index (χ0v) is 8.84. The van der Waals surface area contributed by atoms with Gasteiger partial charge in [-0.25, -0.2) is 0 Å². The summed E-state index contributed by atoms with van der Waals surface area (Å²) in [6, 6.07) is 7.41. The fourth-order valence-electron chi connectivity index (χ4n) is 0.960. The van der Waals surface area contributed by atoms with Gasteiger partial charge in [0.1, 0.15) is 11.5 Å². The molecule has 14 heavy (non-hydrogen) atoms. The van der Waals surface area contributed by atoms with E-state index in [2.05, 4.69) is 0 Å². The molecular weight excluding hydrogens is 198 g/mol. The lowest BCUT2D eigenvalue weighted by molar-refractivity contribution is 0.326. The van der Waals surface area contributed by atoms with Crippen molar-refractivity contribution >= 4 is 17.2 Å². The van der Waals surface area contributed by atoms with Crippen LogP contribution in [0.2, 0.25) is 0 Å². The SMILES string of the molecule is COc1cccc(OCCC(N)=S)c1. The van der Waals surface area contributed by atoms with Crippen molar-refractivity contribution < 1.29 is 9.47 Å². The van der Waals surface area contributed by atoms with Crippen LogP contribution < -0.4 is 15.2 Å². The van der Waals surface area contributed by atoms with Crippen molar-refractivity contribution in [2.24, 2.45) is 5.73 Å². The Morgan fingerprint density at radius 2 is 2.14 bits per heavy atom. The Morgan fingerprint density at radius 1 is 1.43 bits per heavy atom. The topological polar surface area (TPSA) is 44.5 Å². The Balaban J connectivity index is 2.46. The lowest BCUT2D eigenvalue weighted by Gasteiger charge is -2.06.